The number of nitrogens with zero attached hydrogens (tertiary/aromatic N) is 1. The molecule has 0 radical (unpaired) electrons. The van der Waals surface area contributed by atoms with Crippen LogP contribution in [0.2, 0.25) is 0 Å². The molecule has 124 valence electrons. The first-order valence-corrected chi connectivity index (χ1v) is 7.72. The van der Waals surface area contributed by atoms with E-state index in [4.69, 9.17) is 0 Å². The van der Waals surface area contributed by atoms with Gasteiger partial charge in [0.1, 0.15) is 5.82 Å². The van der Waals surface area contributed by atoms with Crippen LogP contribution in [-0.4, -0.2) is 42.6 Å². The van der Waals surface area contributed by atoms with Crippen molar-refractivity contribution in [3.8, 4) is 0 Å². The second-order valence-corrected chi connectivity index (χ2v) is 6.16. The number of aliphatic hydroxyl groups is 1. The van der Waals surface area contributed by atoms with Crippen molar-refractivity contribution < 1.29 is 14.3 Å². The Balaban J connectivity index is 2.79. The second kappa shape index (κ2) is 8.86. The Kier molecular flexibility index (Phi) is 7.48. The fraction of sp³-hybridized carbons (Fsp3) is 0.588. The Bertz CT molecular complexity index is 462. The van der Waals surface area contributed by atoms with Crippen LogP contribution in [0.4, 0.5) is 4.39 Å². The molecule has 2 unspecified atom stereocenters. The number of hydrogen-bond donors (Lipinski definition) is 2. The number of carbonyl (C=O) groups excluding carboxylic acids is 1. The molecule has 0 saturated heterocycles. The van der Waals surface area contributed by atoms with Gasteiger partial charge in [0.15, 0.2) is 0 Å². The first kappa shape index (κ1) is 18.6. The van der Waals surface area contributed by atoms with Gasteiger partial charge in [0.05, 0.1) is 12.6 Å². The summed E-state index contributed by atoms with van der Waals surface area (Å²) < 4.78 is 13.0. The van der Waals surface area contributed by atoms with Gasteiger partial charge >= 0.3 is 0 Å². The minimum atomic E-state index is -0.815. The van der Waals surface area contributed by atoms with Crippen LogP contribution >= 0.6 is 0 Å². The molecule has 4 nitrogen and oxygen atoms in total. The molecule has 0 aliphatic heterocycles. The highest BCUT2D eigenvalue weighted by atomic mass is 19.1. The van der Waals surface area contributed by atoms with Gasteiger partial charge in [0.2, 0.25) is 5.91 Å². The molecule has 0 spiro atoms. The number of aliphatic hydroxyl groups excluding tert-OH is 1. The van der Waals surface area contributed by atoms with Crippen LogP contribution in [0.1, 0.15) is 32.4 Å². The number of benzene rings is 1. The highest BCUT2D eigenvalue weighted by Crippen LogP contribution is 2.17. The van der Waals surface area contributed by atoms with Gasteiger partial charge in [-0.05, 0) is 30.7 Å². The Hall–Kier alpha value is -1.46. The molecule has 22 heavy (non-hydrogen) atoms. The first-order valence-electron chi connectivity index (χ1n) is 7.72. The smallest absolute Gasteiger partial charge is 0.226 e. The minimum absolute atomic E-state index is 0.0178. The number of hydrogen-bond acceptors (Lipinski definition) is 3. The van der Waals surface area contributed by atoms with Crippen LogP contribution in [0.5, 0.6) is 0 Å². The van der Waals surface area contributed by atoms with Crippen LogP contribution in [-0.2, 0) is 4.79 Å². The summed E-state index contributed by atoms with van der Waals surface area (Å²) in [5.74, 6) is -0.159. The van der Waals surface area contributed by atoms with Crippen LogP contribution in [0, 0.1) is 17.7 Å². The Morgan fingerprint density at radius 2 is 1.82 bits per heavy atom. The van der Waals surface area contributed by atoms with Gasteiger partial charge in [0, 0.05) is 19.0 Å². The summed E-state index contributed by atoms with van der Waals surface area (Å²) >= 11 is 0. The summed E-state index contributed by atoms with van der Waals surface area (Å²) in [5.41, 5.74) is 0.615. The number of halogens is 1. The molecule has 1 aromatic rings. The zero-order valence-electron chi connectivity index (χ0n) is 13.8. The maximum absolute atomic E-state index is 13.0. The van der Waals surface area contributed by atoms with Crippen molar-refractivity contribution in [3.63, 3.8) is 0 Å². The maximum atomic E-state index is 13.0. The van der Waals surface area contributed by atoms with E-state index in [1.54, 1.807) is 17.0 Å². The van der Waals surface area contributed by atoms with E-state index in [-0.39, 0.29) is 24.2 Å². The SMILES string of the molecule is CNCC(C)C(=O)N(CC(C)C)CC(O)c1ccc(F)cc1. The molecule has 0 saturated carbocycles. The van der Waals surface area contributed by atoms with Gasteiger partial charge in [-0.2, -0.15) is 0 Å². The molecular weight excluding hydrogens is 283 g/mol. The molecule has 0 heterocycles. The second-order valence-electron chi connectivity index (χ2n) is 6.16. The molecule has 5 heteroatoms. The van der Waals surface area contributed by atoms with Gasteiger partial charge < -0.3 is 15.3 Å². The lowest BCUT2D eigenvalue weighted by Crippen LogP contribution is -2.42. The van der Waals surface area contributed by atoms with Crippen molar-refractivity contribution in [1.29, 1.82) is 0 Å². The lowest BCUT2D eigenvalue weighted by atomic mass is 10.1. The molecule has 1 aromatic carbocycles. The van der Waals surface area contributed by atoms with Gasteiger partial charge in [-0.1, -0.05) is 32.9 Å². The van der Waals surface area contributed by atoms with E-state index in [0.717, 1.165) is 0 Å². The minimum Gasteiger partial charge on any atom is -0.387 e. The molecule has 1 rings (SSSR count). The molecule has 0 fully saturated rings. The summed E-state index contributed by atoms with van der Waals surface area (Å²) in [6, 6.07) is 5.73. The average molecular weight is 310 g/mol. The third-order valence-corrected chi connectivity index (χ3v) is 3.48. The highest BCUT2D eigenvalue weighted by molar-refractivity contribution is 5.78. The summed E-state index contributed by atoms with van der Waals surface area (Å²) in [6.07, 6.45) is -0.815. The third-order valence-electron chi connectivity index (χ3n) is 3.48. The van der Waals surface area contributed by atoms with Crippen molar-refractivity contribution in [2.75, 3.05) is 26.7 Å². The van der Waals surface area contributed by atoms with E-state index in [1.807, 2.05) is 27.8 Å². The number of rotatable bonds is 8. The average Bonchev–Trinajstić information content (AvgIpc) is 2.46. The largest absolute Gasteiger partial charge is 0.387 e. The predicted molar refractivity (Wildman–Crippen MR) is 85.9 cm³/mol. The van der Waals surface area contributed by atoms with Crippen molar-refractivity contribution in [2.24, 2.45) is 11.8 Å². The van der Waals surface area contributed by atoms with Gasteiger partial charge in [-0.25, -0.2) is 4.39 Å². The third kappa shape index (κ3) is 5.73. The van der Waals surface area contributed by atoms with Crippen molar-refractivity contribution in [2.45, 2.75) is 26.9 Å². The van der Waals surface area contributed by atoms with Crippen LogP contribution < -0.4 is 5.32 Å². The van der Waals surface area contributed by atoms with E-state index >= 15 is 0 Å². The summed E-state index contributed by atoms with van der Waals surface area (Å²) in [7, 11) is 1.81. The fourth-order valence-electron chi connectivity index (χ4n) is 2.40. The molecular formula is C17H27FN2O2. The summed E-state index contributed by atoms with van der Waals surface area (Å²) in [5, 5.41) is 13.3. The lowest BCUT2D eigenvalue weighted by Gasteiger charge is -2.29. The molecule has 0 aromatic heterocycles. The van der Waals surface area contributed by atoms with Gasteiger partial charge in [0.25, 0.3) is 0 Å². The number of carbonyl (C=O) groups is 1. The molecule has 0 aliphatic rings. The van der Waals surface area contributed by atoms with E-state index in [9.17, 15) is 14.3 Å². The first-order chi connectivity index (χ1) is 10.3. The number of amides is 1. The molecule has 2 N–H and O–H groups in total. The molecule has 1 amide bonds. The highest BCUT2D eigenvalue weighted by Gasteiger charge is 2.23. The molecule has 0 bridgehead atoms. The summed E-state index contributed by atoms with van der Waals surface area (Å²) in [6.45, 7) is 7.35. The maximum Gasteiger partial charge on any atom is 0.226 e. The van der Waals surface area contributed by atoms with Crippen molar-refractivity contribution in [1.82, 2.24) is 10.2 Å². The normalized spacial score (nSPS) is 14.0. The van der Waals surface area contributed by atoms with E-state index < -0.39 is 6.10 Å². The quantitative estimate of drug-likeness (QED) is 0.774. The predicted octanol–water partition coefficient (Wildman–Crippen LogP) is 2.20. The Labute approximate surface area is 132 Å². The lowest BCUT2D eigenvalue weighted by molar-refractivity contribution is -0.137. The van der Waals surface area contributed by atoms with E-state index in [0.29, 0.717) is 24.6 Å². The van der Waals surface area contributed by atoms with Gasteiger partial charge in [-0.3, -0.25) is 4.79 Å². The van der Waals surface area contributed by atoms with Crippen LogP contribution in [0.3, 0.4) is 0 Å². The van der Waals surface area contributed by atoms with Crippen LogP contribution in [0.15, 0.2) is 24.3 Å². The fourth-order valence-corrected chi connectivity index (χ4v) is 2.40. The standard InChI is InChI=1S/C17H27FN2O2/c1-12(2)10-20(17(22)13(3)9-19-4)11-16(21)14-5-7-15(18)8-6-14/h5-8,12-13,16,19,21H,9-11H2,1-4H3. The number of nitrogens with one attached hydrogen (secondary N) is 1. The summed E-state index contributed by atoms with van der Waals surface area (Å²) in [4.78, 5) is 14.2. The topological polar surface area (TPSA) is 52.6 Å². The zero-order valence-corrected chi connectivity index (χ0v) is 13.8. The molecule has 0 aliphatic carbocycles. The Morgan fingerprint density at radius 1 is 1.23 bits per heavy atom. The van der Waals surface area contributed by atoms with Crippen molar-refractivity contribution in [3.05, 3.63) is 35.6 Å². The zero-order chi connectivity index (χ0) is 16.7. The van der Waals surface area contributed by atoms with Crippen LogP contribution in [0.25, 0.3) is 0 Å². The monoisotopic (exact) mass is 310 g/mol. The van der Waals surface area contributed by atoms with Gasteiger partial charge in [-0.15, -0.1) is 0 Å². The van der Waals surface area contributed by atoms with E-state index in [1.165, 1.54) is 12.1 Å². The molecule has 2 atom stereocenters. The van der Waals surface area contributed by atoms with Crippen molar-refractivity contribution >= 4 is 5.91 Å². The van der Waals surface area contributed by atoms with E-state index in [2.05, 4.69) is 5.32 Å². The Morgan fingerprint density at radius 3 is 2.32 bits per heavy atom.